The summed E-state index contributed by atoms with van der Waals surface area (Å²) in [6.45, 7) is 2.04. The molecule has 0 radical (unpaired) electrons. The first-order chi connectivity index (χ1) is 16.7. The number of fused-ring (bicyclic) bond motifs is 1. The average Bonchev–Trinajstić information content (AvgIpc) is 3.66. The van der Waals surface area contributed by atoms with Gasteiger partial charge < -0.3 is 19.3 Å². The third kappa shape index (κ3) is 3.89. The summed E-state index contributed by atoms with van der Waals surface area (Å²) in [6.07, 6.45) is 1.58. The summed E-state index contributed by atoms with van der Waals surface area (Å²) in [4.78, 5) is 30.1. The fourth-order valence-corrected chi connectivity index (χ4v) is 4.53. The third-order valence-electron chi connectivity index (χ3n) is 6.61. The number of carbonyl (C=O) groups is 2. The van der Waals surface area contributed by atoms with Crippen molar-refractivity contribution in [3.8, 4) is 17.2 Å². The maximum Gasteiger partial charge on any atom is 0.272 e. The summed E-state index contributed by atoms with van der Waals surface area (Å²) in [6, 6.07) is 19.1. The second kappa shape index (κ2) is 8.52. The highest BCUT2D eigenvalue weighted by Gasteiger charge is 2.35. The number of hydrogen-bond donors (Lipinski definition) is 0. The minimum Gasteiger partial charge on any atom is -0.485 e. The Morgan fingerprint density at radius 3 is 2.26 bits per heavy atom. The minimum absolute atomic E-state index is 0.0541. The summed E-state index contributed by atoms with van der Waals surface area (Å²) in [5.74, 6) is 1.53. The van der Waals surface area contributed by atoms with Crippen LogP contribution in [-0.4, -0.2) is 70.3 Å². The molecule has 3 aromatic rings. The van der Waals surface area contributed by atoms with Gasteiger partial charge in [0.05, 0.1) is 11.4 Å². The Labute approximate surface area is 197 Å². The first-order valence-corrected chi connectivity index (χ1v) is 11.8. The molecule has 1 saturated heterocycles. The molecular weight excluding hydrogens is 432 g/mol. The first-order valence-electron chi connectivity index (χ1n) is 11.8. The molecule has 0 bridgehead atoms. The van der Waals surface area contributed by atoms with Gasteiger partial charge in [-0.2, -0.15) is 5.10 Å². The van der Waals surface area contributed by atoms with Crippen molar-refractivity contribution in [2.75, 3.05) is 32.8 Å². The van der Waals surface area contributed by atoms with Crippen molar-refractivity contribution in [1.82, 2.24) is 19.6 Å². The van der Waals surface area contributed by atoms with Gasteiger partial charge in [-0.3, -0.25) is 9.59 Å². The number of benzene rings is 2. The summed E-state index contributed by atoms with van der Waals surface area (Å²) >= 11 is 0. The Morgan fingerprint density at radius 2 is 1.53 bits per heavy atom. The second-order valence-electron chi connectivity index (χ2n) is 8.96. The lowest BCUT2D eigenvalue weighted by Crippen LogP contribution is -2.55. The highest BCUT2D eigenvalue weighted by atomic mass is 16.6. The molecule has 2 aliphatic heterocycles. The van der Waals surface area contributed by atoms with E-state index in [1.807, 2.05) is 59.5 Å². The summed E-state index contributed by atoms with van der Waals surface area (Å²) in [5, 5.41) is 4.76. The van der Waals surface area contributed by atoms with Gasteiger partial charge in [-0.25, -0.2) is 4.68 Å². The molecule has 8 nitrogen and oxygen atoms in total. The zero-order valence-corrected chi connectivity index (χ0v) is 18.8. The van der Waals surface area contributed by atoms with E-state index in [1.54, 1.807) is 15.6 Å². The van der Waals surface area contributed by atoms with Gasteiger partial charge in [0.2, 0.25) is 6.10 Å². The van der Waals surface area contributed by atoms with Gasteiger partial charge in [-0.05, 0) is 43.2 Å². The van der Waals surface area contributed by atoms with Crippen molar-refractivity contribution in [3.05, 3.63) is 72.1 Å². The largest absolute Gasteiger partial charge is 0.485 e. The maximum absolute atomic E-state index is 13.5. The van der Waals surface area contributed by atoms with E-state index in [-0.39, 0.29) is 18.4 Å². The fraction of sp³-hybridized carbons (Fsp3) is 0.346. The van der Waals surface area contributed by atoms with Crippen LogP contribution in [0.15, 0.2) is 60.7 Å². The highest BCUT2D eigenvalue weighted by Crippen LogP contribution is 2.40. The number of aromatic nitrogens is 2. The first kappa shape index (κ1) is 20.8. The maximum atomic E-state index is 13.5. The van der Waals surface area contributed by atoms with E-state index in [0.717, 1.165) is 24.2 Å². The highest BCUT2D eigenvalue weighted by molar-refractivity contribution is 5.93. The van der Waals surface area contributed by atoms with E-state index in [1.165, 1.54) is 0 Å². The van der Waals surface area contributed by atoms with Crippen molar-refractivity contribution >= 4 is 11.8 Å². The number of amides is 2. The van der Waals surface area contributed by atoms with Crippen LogP contribution in [0.5, 0.6) is 11.5 Å². The molecule has 0 N–H and O–H groups in total. The van der Waals surface area contributed by atoms with Crippen molar-refractivity contribution in [2.24, 2.45) is 0 Å². The van der Waals surface area contributed by atoms with Gasteiger partial charge in [0.25, 0.3) is 11.8 Å². The standard InChI is InChI=1S/C26H26N4O4/c31-25(21-16-20(18-10-11-18)27-30(21)19-6-2-1-3-7-19)28-12-14-29(15-13-28)26(32)24-17-33-22-8-4-5-9-23(22)34-24/h1-9,16,18,24H,10-15,17H2/t24-/m0/s1. The lowest BCUT2D eigenvalue weighted by atomic mass is 10.2. The van der Waals surface area contributed by atoms with E-state index < -0.39 is 6.10 Å². The van der Waals surface area contributed by atoms with Gasteiger partial charge in [-0.1, -0.05) is 30.3 Å². The zero-order valence-electron chi connectivity index (χ0n) is 18.8. The second-order valence-corrected chi connectivity index (χ2v) is 8.96. The van der Waals surface area contributed by atoms with Crippen molar-refractivity contribution in [1.29, 1.82) is 0 Å². The molecule has 3 heterocycles. The van der Waals surface area contributed by atoms with Crippen LogP contribution in [0.2, 0.25) is 0 Å². The van der Waals surface area contributed by atoms with Crippen LogP contribution >= 0.6 is 0 Å². The third-order valence-corrected chi connectivity index (χ3v) is 6.61. The molecule has 1 aliphatic carbocycles. The molecule has 2 aromatic carbocycles. The predicted molar refractivity (Wildman–Crippen MR) is 124 cm³/mol. The van der Waals surface area contributed by atoms with Gasteiger partial charge in [0.15, 0.2) is 11.5 Å². The Bertz CT molecular complexity index is 1210. The van der Waals surface area contributed by atoms with Gasteiger partial charge >= 0.3 is 0 Å². The molecule has 8 heteroatoms. The van der Waals surface area contributed by atoms with Crippen molar-refractivity contribution < 1.29 is 19.1 Å². The van der Waals surface area contributed by atoms with E-state index in [2.05, 4.69) is 0 Å². The summed E-state index contributed by atoms with van der Waals surface area (Å²) < 4.78 is 13.3. The Balaban J connectivity index is 1.14. The van der Waals surface area contributed by atoms with Gasteiger partial charge in [-0.15, -0.1) is 0 Å². The zero-order chi connectivity index (χ0) is 23.1. The lowest BCUT2D eigenvalue weighted by molar-refractivity contribution is -0.142. The van der Waals surface area contributed by atoms with Crippen molar-refractivity contribution in [2.45, 2.75) is 24.9 Å². The van der Waals surface area contributed by atoms with E-state index >= 15 is 0 Å². The Hall–Kier alpha value is -3.81. The average molecular weight is 459 g/mol. The molecule has 0 spiro atoms. The molecule has 1 atom stereocenters. The monoisotopic (exact) mass is 458 g/mol. The smallest absolute Gasteiger partial charge is 0.272 e. The predicted octanol–water partition coefficient (Wildman–Crippen LogP) is 2.87. The SMILES string of the molecule is O=C(c1cc(C2CC2)nn1-c1ccccc1)N1CCN(C(=O)[C@@H]2COc3ccccc3O2)CC1. The molecule has 34 heavy (non-hydrogen) atoms. The normalized spacial score (nSPS) is 19.7. The van der Waals surface area contributed by atoms with E-state index in [0.29, 0.717) is 49.3 Å². The number of carbonyl (C=O) groups excluding carboxylic acids is 2. The lowest BCUT2D eigenvalue weighted by Gasteiger charge is -2.37. The summed E-state index contributed by atoms with van der Waals surface area (Å²) in [5.41, 5.74) is 2.44. The molecule has 6 rings (SSSR count). The number of rotatable bonds is 4. The van der Waals surface area contributed by atoms with Gasteiger partial charge in [0, 0.05) is 32.1 Å². The van der Waals surface area contributed by atoms with E-state index in [4.69, 9.17) is 14.6 Å². The van der Waals surface area contributed by atoms with Crippen LogP contribution in [0.4, 0.5) is 0 Å². The van der Waals surface area contributed by atoms with Crippen molar-refractivity contribution in [3.63, 3.8) is 0 Å². The Kier molecular flexibility index (Phi) is 5.20. The molecule has 2 fully saturated rings. The number of piperazine rings is 1. The molecule has 1 saturated carbocycles. The van der Waals surface area contributed by atoms with Crippen LogP contribution in [0, 0.1) is 0 Å². The van der Waals surface area contributed by atoms with Crippen LogP contribution in [-0.2, 0) is 4.79 Å². The molecule has 2 amide bonds. The van der Waals surface area contributed by atoms with Crippen LogP contribution in [0.25, 0.3) is 5.69 Å². The Morgan fingerprint density at radius 1 is 0.853 bits per heavy atom. The summed E-state index contributed by atoms with van der Waals surface area (Å²) in [7, 11) is 0. The van der Waals surface area contributed by atoms with E-state index in [9.17, 15) is 9.59 Å². The fourth-order valence-electron chi connectivity index (χ4n) is 4.53. The molecule has 174 valence electrons. The number of para-hydroxylation sites is 3. The number of ether oxygens (including phenoxy) is 2. The topological polar surface area (TPSA) is 76.9 Å². The number of nitrogens with zero attached hydrogens (tertiary/aromatic N) is 4. The molecule has 0 unspecified atom stereocenters. The molecule has 3 aliphatic rings. The van der Waals surface area contributed by atoms with Crippen LogP contribution in [0.1, 0.15) is 34.9 Å². The van der Waals surface area contributed by atoms with Crippen LogP contribution in [0.3, 0.4) is 0 Å². The number of hydrogen-bond acceptors (Lipinski definition) is 5. The minimum atomic E-state index is -0.669. The van der Waals surface area contributed by atoms with Crippen LogP contribution < -0.4 is 9.47 Å². The molecular formula is C26H26N4O4. The quantitative estimate of drug-likeness (QED) is 0.601. The molecule has 1 aromatic heterocycles. The van der Waals surface area contributed by atoms with Gasteiger partial charge in [0.1, 0.15) is 12.3 Å².